The molecule has 0 aliphatic rings. The summed E-state index contributed by atoms with van der Waals surface area (Å²) in [4.78, 5) is 15.8. The minimum Gasteiger partial charge on any atom is -0.322 e. The summed E-state index contributed by atoms with van der Waals surface area (Å²) in [7, 11) is 0. The van der Waals surface area contributed by atoms with Crippen molar-refractivity contribution in [2.45, 2.75) is 13.1 Å². The van der Waals surface area contributed by atoms with Crippen molar-refractivity contribution in [3.63, 3.8) is 0 Å². The standard InChI is InChI=1S/C14H10F4N2O/c1-8-7-9(5-6-19-8)20-13(21)10-3-2-4-11(12(10)15)14(16,17)18/h2-7H,1H3,(H,19,20,21). The van der Waals surface area contributed by atoms with E-state index in [-0.39, 0.29) is 0 Å². The number of nitrogens with one attached hydrogen (secondary N) is 1. The first-order valence-electron chi connectivity index (χ1n) is 5.89. The number of carbonyl (C=O) groups excluding carboxylic acids is 1. The zero-order valence-corrected chi connectivity index (χ0v) is 10.8. The second kappa shape index (κ2) is 5.51. The van der Waals surface area contributed by atoms with Crippen molar-refractivity contribution in [3.8, 4) is 0 Å². The highest BCUT2D eigenvalue weighted by Gasteiger charge is 2.35. The third kappa shape index (κ3) is 3.36. The van der Waals surface area contributed by atoms with Crippen molar-refractivity contribution < 1.29 is 22.4 Å². The van der Waals surface area contributed by atoms with Gasteiger partial charge in [-0.2, -0.15) is 13.2 Å². The SMILES string of the molecule is Cc1cc(NC(=O)c2cccc(C(F)(F)F)c2F)ccn1. The largest absolute Gasteiger partial charge is 0.419 e. The Hall–Kier alpha value is -2.44. The lowest BCUT2D eigenvalue weighted by Gasteiger charge is -2.11. The van der Waals surface area contributed by atoms with E-state index < -0.39 is 29.0 Å². The predicted molar refractivity (Wildman–Crippen MR) is 68.3 cm³/mol. The molecule has 0 saturated carbocycles. The number of hydrogen-bond acceptors (Lipinski definition) is 2. The van der Waals surface area contributed by atoms with Crippen LogP contribution in [0, 0.1) is 12.7 Å². The molecule has 0 spiro atoms. The maximum absolute atomic E-state index is 13.8. The van der Waals surface area contributed by atoms with Gasteiger partial charge in [-0.3, -0.25) is 9.78 Å². The number of alkyl halides is 3. The van der Waals surface area contributed by atoms with Crippen molar-refractivity contribution in [2.75, 3.05) is 5.32 Å². The van der Waals surface area contributed by atoms with E-state index in [9.17, 15) is 22.4 Å². The van der Waals surface area contributed by atoms with Crippen LogP contribution >= 0.6 is 0 Å². The van der Waals surface area contributed by atoms with Gasteiger partial charge in [0.1, 0.15) is 5.82 Å². The molecule has 1 N–H and O–H groups in total. The van der Waals surface area contributed by atoms with Crippen molar-refractivity contribution in [2.24, 2.45) is 0 Å². The molecule has 0 aliphatic carbocycles. The monoisotopic (exact) mass is 298 g/mol. The fourth-order valence-corrected chi connectivity index (χ4v) is 1.75. The zero-order chi connectivity index (χ0) is 15.6. The number of nitrogens with zero attached hydrogens (tertiary/aromatic N) is 1. The molecule has 0 unspecified atom stereocenters. The quantitative estimate of drug-likeness (QED) is 0.857. The highest BCUT2D eigenvalue weighted by molar-refractivity contribution is 6.04. The smallest absolute Gasteiger partial charge is 0.322 e. The molecule has 0 bridgehead atoms. The van der Waals surface area contributed by atoms with E-state index in [4.69, 9.17) is 0 Å². The number of halogens is 4. The molecule has 0 radical (unpaired) electrons. The van der Waals surface area contributed by atoms with Crippen molar-refractivity contribution in [1.29, 1.82) is 0 Å². The van der Waals surface area contributed by atoms with E-state index in [1.807, 2.05) is 0 Å². The van der Waals surface area contributed by atoms with Gasteiger partial charge in [-0.15, -0.1) is 0 Å². The average molecular weight is 298 g/mol. The van der Waals surface area contributed by atoms with E-state index in [2.05, 4.69) is 10.3 Å². The van der Waals surface area contributed by atoms with Gasteiger partial charge in [0, 0.05) is 17.6 Å². The summed E-state index contributed by atoms with van der Waals surface area (Å²) in [5, 5.41) is 2.33. The van der Waals surface area contributed by atoms with Crippen LogP contribution < -0.4 is 5.32 Å². The number of anilines is 1. The predicted octanol–water partition coefficient (Wildman–Crippen LogP) is 3.80. The molecule has 1 heterocycles. The minimum absolute atomic E-state index is 0.323. The van der Waals surface area contributed by atoms with Gasteiger partial charge >= 0.3 is 6.18 Å². The Kier molecular flexibility index (Phi) is 3.93. The molecule has 0 fully saturated rings. The molecule has 7 heteroatoms. The summed E-state index contributed by atoms with van der Waals surface area (Å²) in [6, 6.07) is 5.54. The van der Waals surface area contributed by atoms with Crippen LogP contribution in [0.5, 0.6) is 0 Å². The third-order valence-electron chi connectivity index (χ3n) is 2.70. The lowest BCUT2D eigenvalue weighted by molar-refractivity contribution is -0.140. The van der Waals surface area contributed by atoms with E-state index in [1.165, 1.54) is 18.3 Å². The Morgan fingerprint density at radius 3 is 2.57 bits per heavy atom. The summed E-state index contributed by atoms with van der Waals surface area (Å²) < 4.78 is 51.6. The Morgan fingerprint density at radius 2 is 1.95 bits per heavy atom. The first-order valence-corrected chi connectivity index (χ1v) is 5.89. The molecule has 1 amide bonds. The maximum Gasteiger partial charge on any atom is 0.419 e. The van der Waals surface area contributed by atoms with Crippen LogP contribution in [0.2, 0.25) is 0 Å². The van der Waals surface area contributed by atoms with Crippen molar-refractivity contribution >= 4 is 11.6 Å². The molecule has 1 aromatic heterocycles. The molecule has 0 aliphatic heterocycles. The number of aryl methyl sites for hydroxylation is 1. The Labute approximate surface area is 117 Å². The van der Waals surface area contributed by atoms with E-state index in [1.54, 1.807) is 6.92 Å². The van der Waals surface area contributed by atoms with Gasteiger partial charge in [-0.05, 0) is 31.2 Å². The topological polar surface area (TPSA) is 42.0 Å². The average Bonchev–Trinajstić information content (AvgIpc) is 2.37. The second-order valence-corrected chi connectivity index (χ2v) is 4.30. The fourth-order valence-electron chi connectivity index (χ4n) is 1.75. The van der Waals surface area contributed by atoms with Gasteiger partial charge < -0.3 is 5.32 Å². The number of carbonyl (C=O) groups is 1. The van der Waals surface area contributed by atoms with Gasteiger partial charge in [-0.1, -0.05) is 6.07 Å². The van der Waals surface area contributed by atoms with Crippen LogP contribution in [0.15, 0.2) is 36.5 Å². The van der Waals surface area contributed by atoms with E-state index in [0.29, 0.717) is 17.4 Å². The van der Waals surface area contributed by atoms with Gasteiger partial charge in [0.25, 0.3) is 5.91 Å². The lowest BCUT2D eigenvalue weighted by Crippen LogP contribution is -2.17. The third-order valence-corrected chi connectivity index (χ3v) is 2.70. The van der Waals surface area contributed by atoms with Crippen LogP contribution in [-0.4, -0.2) is 10.9 Å². The fraction of sp³-hybridized carbons (Fsp3) is 0.143. The number of aromatic nitrogens is 1. The Bertz CT molecular complexity index is 683. The first kappa shape index (κ1) is 15.0. The van der Waals surface area contributed by atoms with E-state index >= 15 is 0 Å². The molecular formula is C14H10F4N2O. The van der Waals surface area contributed by atoms with Crippen LogP contribution in [-0.2, 0) is 6.18 Å². The second-order valence-electron chi connectivity index (χ2n) is 4.30. The molecule has 3 nitrogen and oxygen atoms in total. The first-order chi connectivity index (χ1) is 9.79. The zero-order valence-electron chi connectivity index (χ0n) is 10.8. The molecule has 1 aromatic carbocycles. The Balaban J connectivity index is 2.32. The number of amides is 1. The van der Waals surface area contributed by atoms with Crippen LogP contribution in [0.1, 0.15) is 21.6 Å². The van der Waals surface area contributed by atoms with Crippen LogP contribution in [0.3, 0.4) is 0 Å². The van der Waals surface area contributed by atoms with Crippen LogP contribution in [0.25, 0.3) is 0 Å². The van der Waals surface area contributed by atoms with Crippen LogP contribution in [0.4, 0.5) is 23.2 Å². The summed E-state index contributed by atoms with van der Waals surface area (Å²) >= 11 is 0. The summed E-state index contributed by atoms with van der Waals surface area (Å²) in [6.07, 6.45) is -3.43. The van der Waals surface area contributed by atoms with Crippen molar-refractivity contribution in [1.82, 2.24) is 4.98 Å². The maximum atomic E-state index is 13.8. The minimum atomic E-state index is -4.85. The number of hydrogen-bond donors (Lipinski definition) is 1. The molecule has 0 saturated heterocycles. The highest BCUT2D eigenvalue weighted by atomic mass is 19.4. The molecule has 2 rings (SSSR count). The summed E-state index contributed by atoms with van der Waals surface area (Å²) in [5.41, 5.74) is -1.21. The van der Waals surface area contributed by atoms with E-state index in [0.717, 1.165) is 12.1 Å². The lowest BCUT2D eigenvalue weighted by atomic mass is 10.1. The normalized spacial score (nSPS) is 11.3. The molecule has 21 heavy (non-hydrogen) atoms. The molecule has 0 atom stereocenters. The number of pyridine rings is 1. The highest BCUT2D eigenvalue weighted by Crippen LogP contribution is 2.32. The molecule has 110 valence electrons. The van der Waals surface area contributed by atoms with Crippen molar-refractivity contribution in [3.05, 3.63) is 59.2 Å². The van der Waals surface area contributed by atoms with Gasteiger partial charge in [0.05, 0.1) is 11.1 Å². The van der Waals surface area contributed by atoms with Gasteiger partial charge in [0.15, 0.2) is 0 Å². The number of rotatable bonds is 2. The summed E-state index contributed by atoms with van der Waals surface area (Å²) in [6.45, 7) is 1.68. The summed E-state index contributed by atoms with van der Waals surface area (Å²) in [5.74, 6) is -2.54. The van der Waals surface area contributed by atoms with Gasteiger partial charge in [0.2, 0.25) is 0 Å². The molecule has 2 aromatic rings. The Morgan fingerprint density at radius 1 is 1.24 bits per heavy atom. The number of benzene rings is 1. The van der Waals surface area contributed by atoms with Gasteiger partial charge in [-0.25, -0.2) is 4.39 Å². The molecular weight excluding hydrogens is 288 g/mol.